The summed E-state index contributed by atoms with van der Waals surface area (Å²) in [5.74, 6) is -0.353. The molecule has 0 fully saturated rings. The highest BCUT2D eigenvalue weighted by molar-refractivity contribution is 6.32. The zero-order valence-electron chi connectivity index (χ0n) is 13.3. The lowest BCUT2D eigenvalue weighted by Gasteiger charge is -2.24. The topological polar surface area (TPSA) is 58.6 Å². The van der Waals surface area contributed by atoms with Crippen molar-refractivity contribution >= 4 is 17.6 Å². The average Bonchev–Trinajstić information content (AvgIpc) is 2.34. The van der Waals surface area contributed by atoms with Gasteiger partial charge >= 0.3 is 5.97 Å². The molecule has 0 aromatic heterocycles. The summed E-state index contributed by atoms with van der Waals surface area (Å²) < 4.78 is 5.71. The maximum atomic E-state index is 11.1. The van der Waals surface area contributed by atoms with Crippen LogP contribution in [0.1, 0.15) is 40.2 Å². The number of halogens is 1. The van der Waals surface area contributed by atoms with Gasteiger partial charge in [0.2, 0.25) is 0 Å². The lowest BCUT2D eigenvalue weighted by atomic mass is 9.95. The fourth-order valence-corrected chi connectivity index (χ4v) is 1.78. The van der Waals surface area contributed by atoms with Crippen LogP contribution in [0.5, 0.6) is 5.75 Å². The summed E-state index contributed by atoms with van der Waals surface area (Å²) in [7, 11) is 0. The molecule has 0 radical (unpaired) electrons. The Labute approximate surface area is 131 Å². The second-order valence-electron chi connectivity index (χ2n) is 6.81. The van der Waals surface area contributed by atoms with Crippen molar-refractivity contribution in [3.8, 4) is 5.75 Å². The zero-order valence-corrected chi connectivity index (χ0v) is 14.0. The monoisotopic (exact) mass is 313 g/mol. The van der Waals surface area contributed by atoms with Gasteiger partial charge in [-0.1, -0.05) is 23.7 Å². The van der Waals surface area contributed by atoms with Crippen LogP contribution in [-0.2, 0) is 11.3 Å². The Balaban J connectivity index is 2.88. The van der Waals surface area contributed by atoms with Crippen molar-refractivity contribution in [3.63, 3.8) is 0 Å². The molecule has 0 saturated carbocycles. The van der Waals surface area contributed by atoms with Crippen LogP contribution >= 0.6 is 11.6 Å². The Kier molecular flexibility index (Phi) is 5.65. The molecule has 1 aromatic carbocycles. The lowest BCUT2D eigenvalue weighted by Crippen LogP contribution is -2.35. The van der Waals surface area contributed by atoms with Gasteiger partial charge in [-0.2, -0.15) is 0 Å². The molecule has 0 amide bonds. The zero-order chi connectivity index (χ0) is 16.3. The van der Waals surface area contributed by atoms with Gasteiger partial charge in [-0.25, -0.2) is 0 Å². The summed E-state index contributed by atoms with van der Waals surface area (Å²) in [6, 6.07) is 5.52. The molecule has 0 bridgehead atoms. The van der Waals surface area contributed by atoms with E-state index in [1.54, 1.807) is 19.9 Å². The van der Waals surface area contributed by atoms with Gasteiger partial charge in [0.15, 0.2) is 0 Å². The molecule has 21 heavy (non-hydrogen) atoms. The van der Waals surface area contributed by atoms with Crippen molar-refractivity contribution < 1.29 is 14.6 Å². The van der Waals surface area contributed by atoms with Crippen LogP contribution in [0.4, 0.5) is 0 Å². The van der Waals surface area contributed by atoms with Crippen LogP contribution < -0.4 is 10.1 Å². The number of hydrogen-bond acceptors (Lipinski definition) is 3. The predicted molar refractivity (Wildman–Crippen MR) is 85.0 cm³/mol. The summed E-state index contributed by atoms with van der Waals surface area (Å²) in [6.45, 7) is 10.1. The van der Waals surface area contributed by atoms with Crippen LogP contribution in [0, 0.1) is 5.41 Å². The highest BCUT2D eigenvalue weighted by Gasteiger charge is 2.28. The number of carboxylic acids is 1. The molecular formula is C16H24ClNO3. The normalized spacial score (nSPS) is 12.3. The van der Waals surface area contributed by atoms with E-state index in [0.29, 0.717) is 17.3 Å². The van der Waals surface area contributed by atoms with E-state index in [-0.39, 0.29) is 12.1 Å². The highest BCUT2D eigenvalue weighted by atomic mass is 35.5. The molecule has 1 aromatic rings. The minimum atomic E-state index is -0.964. The van der Waals surface area contributed by atoms with Crippen molar-refractivity contribution in [2.24, 2.45) is 5.41 Å². The molecule has 0 unspecified atom stereocenters. The number of hydrogen-bond donors (Lipinski definition) is 2. The van der Waals surface area contributed by atoms with Gasteiger partial charge in [0.25, 0.3) is 0 Å². The minimum absolute atomic E-state index is 0.0279. The Morgan fingerprint density at radius 3 is 2.43 bits per heavy atom. The van der Waals surface area contributed by atoms with E-state index in [1.165, 1.54) is 0 Å². The van der Waals surface area contributed by atoms with E-state index in [4.69, 9.17) is 21.4 Å². The Morgan fingerprint density at radius 2 is 1.90 bits per heavy atom. The van der Waals surface area contributed by atoms with Crippen LogP contribution in [0.2, 0.25) is 5.02 Å². The highest BCUT2D eigenvalue weighted by Crippen LogP contribution is 2.30. The summed E-state index contributed by atoms with van der Waals surface area (Å²) in [5.41, 5.74) is -0.0769. The molecule has 0 aliphatic carbocycles. The largest absolute Gasteiger partial charge is 0.491 e. The molecule has 2 N–H and O–H groups in total. The number of nitrogens with one attached hydrogen (secondary N) is 1. The van der Waals surface area contributed by atoms with Crippen molar-refractivity contribution in [3.05, 3.63) is 28.8 Å². The van der Waals surface area contributed by atoms with Crippen molar-refractivity contribution in [1.29, 1.82) is 0 Å². The quantitative estimate of drug-likeness (QED) is 0.840. The first-order valence-electron chi connectivity index (χ1n) is 6.91. The van der Waals surface area contributed by atoms with Crippen LogP contribution in [-0.4, -0.2) is 23.2 Å². The van der Waals surface area contributed by atoms with Crippen LogP contribution in [0.15, 0.2) is 18.2 Å². The molecule has 0 aliphatic rings. The van der Waals surface area contributed by atoms with Crippen molar-refractivity contribution in [1.82, 2.24) is 5.32 Å². The van der Waals surface area contributed by atoms with Gasteiger partial charge in [-0.3, -0.25) is 4.79 Å². The van der Waals surface area contributed by atoms with Gasteiger partial charge in [0.1, 0.15) is 12.4 Å². The summed E-state index contributed by atoms with van der Waals surface area (Å²) >= 11 is 6.19. The predicted octanol–water partition coefficient (Wildman–Crippen LogP) is 3.72. The van der Waals surface area contributed by atoms with E-state index in [2.05, 4.69) is 26.1 Å². The Bertz CT molecular complexity index is 507. The van der Waals surface area contributed by atoms with E-state index < -0.39 is 11.4 Å². The second-order valence-corrected chi connectivity index (χ2v) is 7.22. The molecular weight excluding hydrogens is 290 g/mol. The Hall–Kier alpha value is -1.26. The molecule has 0 heterocycles. The fraction of sp³-hybridized carbons (Fsp3) is 0.562. The van der Waals surface area contributed by atoms with Gasteiger partial charge in [0.05, 0.1) is 10.4 Å². The maximum Gasteiger partial charge on any atom is 0.312 e. The smallest absolute Gasteiger partial charge is 0.312 e. The number of para-hydroxylation sites is 1. The van der Waals surface area contributed by atoms with Crippen molar-refractivity contribution in [2.75, 3.05) is 6.61 Å². The standard InChI is InChI=1S/C16H24ClNO3/c1-15(2,3)18-9-11-7-6-8-12(17)13(11)21-10-16(4,5)14(19)20/h6-8,18H,9-10H2,1-5H3,(H,19,20). The summed E-state index contributed by atoms with van der Waals surface area (Å²) in [6.07, 6.45) is 0. The molecule has 118 valence electrons. The van der Waals surface area contributed by atoms with E-state index in [0.717, 1.165) is 5.56 Å². The third-order valence-electron chi connectivity index (χ3n) is 3.01. The van der Waals surface area contributed by atoms with E-state index in [1.807, 2.05) is 12.1 Å². The first-order valence-corrected chi connectivity index (χ1v) is 7.29. The Morgan fingerprint density at radius 1 is 1.29 bits per heavy atom. The fourth-order valence-electron chi connectivity index (χ4n) is 1.53. The molecule has 0 saturated heterocycles. The number of ether oxygens (including phenoxy) is 1. The third-order valence-corrected chi connectivity index (χ3v) is 3.31. The first kappa shape index (κ1) is 17.8. The van der Waals surface area contributed by atoms with E-state index >= 15 is 0 Å². The molecule has 4 nitrogen and oxygen atoms in total. The third kappa shape index (κ3) is 5.56. The number of benzene rings is 1. The molecule has 0 spiro atoms. The number of aliphatic carboxylic acids is 1. The average molecular weight is 314 g/mol. The first-order chi connectivity index (χ1) is 9.53. The molecule has 1 rings (SSSR count). The molecule has 0 atom stereocenters. The van der Waals surface area contributed by atoms with Crippen LogP contribution in [0.3, 0.4) is 0 Å². The second kappa shape index (κ2) is 6.67. The van der Waals surface area contributed by atoms with Gasteiger partial charge in [0, 0.05) is 17.6 Å². The lowest BCUT2D eigenvalue weighted by molar-refractivity contribution is -0.148. The maximum absolute atomic E-state index is 11.1. The van der Waals surface area contributed by atoms with Gasteiger partial charge < -0.3 is 15.2 Å². The number of carboxylic acid groups (broad SMARTS) is 1. The van der Waals surface area contributed by atoms with Crippen molar-refractivity contribution in [2.45, 2.75) is 46.7 Å². The molecule has 5 heteroatoms. The van der Waals surface area contributed by atoms with E-state index in [9.17, 15) is 4.79 Å². The number of rotatable bonds is 6. The minimum Gasteiger partial charge on any atom is -0.491 e. The summed E-state index contributed by atoms with van der Waals surface area (Å²) in [5, 5.41) is 13.0. The number of carbonyl (C=O) groups is 1. The summed E-state index contributed by atoms with van der Waals surface area (Å²) in [4.78, 5) is 11.1. The molecule has 0 aliphatic heterocycles. The van der Waals surface area contributed by atoms with Crippen LogP contribution in [0.25, 0.3) is 0 Å². The SMILES string of the molecule is CC(C)(C)NCc1cccc(Cl)c1OCC(C)(C)C(=O)O. The van der Waals surface area contributed by atoms with Gasteiger partial charge in [-0.05, 0) is 40.7 Å². The van der Waals surface area contributed by atoms with Gasteiger partial charge in [-0.15, -0.1) is 0 Å².